The number of carbonyl (C=O) groups is 8. The maximum Gasteiger partial charge on any atom is 0.407 e. The van der Waals surface area contributed by atoms with Crippen molar-refractivity contribution in [3.8, 4) is 0 Å². The number of hydrogen-bond acceptors (Lipinski definition) is 28. The lowest BCUT2D eigenvalue weighted by Crippen LogP contribution is -2.71. The summed E-state index contributed by atoms with van der Waals surface area (Å²) in [7, 11) is -2.97. The summed E-state index contributed by atoms with van der Waals surface area (Å²) >= 11 is 0. The van der Waals surface area contributed by atoms with Gasteiger partial charge in [0.2, 0.25) is 0 Å². The number of ether oxygens (including phenoxy) is 17. The fraction of sp³-hybridized carbons (Fsp3) is 0.374. The van der Waals surface area contributed by atoms with Crippen LogP contribution in [0.1, 0.15) is 97.9 Å². The molecule has 20 atom stereocenters. The molecule has 34 heteroatoms. The van der Waals surface area contributed by atoms with Gasteiger partial charge in [0, 0.05) is 5.56 Å². The second kappa shape index (κ2) is 46.7. The Bertz CT molecular complexity index is 5210. The van der Waals surface area contributed by atoms with Crippen LogP contribution in [0.15, 0.2) is 273 Å². The number of rotatable bonds is 35. The molecule has 133 heavy (non-hydrogen) atoms. The molecule has 9 aromatic carbocycles. The van der Waals surface area contributed by atoms with Gasteiger partial charge in [-0.05, 0) is 88.8 Å². The van der Waals surface area contributed by atoms with Gasteiger partial charge in [0.15, 0.2) is 51.8 Å². The van der Waals surface area contributed by atoms with Gasteiger partial charge in [0.1, 0.15) is 100 Å². The number of esters is 3. The van der Waals surface area contributed by atoms with Crippen molar-refractivity contribution >= 4 is 56.7 Å². The minimum atomic E-state index is -2.97. The van der Waals surface area contributed by atoms with E-state index in [1.165, 1.54) is 36.4 Å². The zero-order valence-corrected chi connectivity index (χ0v) is 74.8. The summed E-state index contributed by atoms with van der Waals surface area (Å²) in [6.45, 7) is 6.11. The SMILES string of the molecule is CC(C)(C)[Si](C)(C)OC[C@H]1O[C@@H](O[C@@H]2[C@@H](O)[C@H](NC(=O)OCc3ccccc3)C[C@H](NC(=O)OCc3ccccc3)[C@H]2O[C@H]2O[C@@H]3COC(c4ccccc4)O[C@H]3[C@H](OC(=O)c3ccccc3)[C@H]2NC(=O)OCc2ccccc2)[C@H](OCCO)[C@@H]1O[C@H]1O[C@@H](CNC(=O)OCc2ccccc2)[C@@H](OC(=O)c2ccccc2)[C@H](OC(=O)c2ccccc2)[C@H]1NC(=O)OCc1ccccc1. The highest BCUT2D eigenvalue weighted by Gasteiger charge is 2.61. The number of amides is 5. The molecule has 0 radical (unpaired) electrons. The van der Waals surface area contributed by atoms with Crippen LogP contribution in [0.25, 0.3) is 0 Å². The highest BCUT2D eigenvalue weighted by atomic mass is 28.4. The van der Waals surface area contributed by atoms with E-state index in [0.717, 1.165) is 0 Å². The standard InChI is InChI=1S/C99H109N5O28Si/c1-99(2,3)133(4,5)122-61-75-82(131-91-76(103-97(113)120-58-65-39-21-9-22-40-65)83(127-88(108)68-45-27-12-28-46-68)80(126-87(107)67-43-25-11-26-44-67)73(123-91)54-100-94(110)117-55-62-33-15-6-16-34-62)86(115-52-51-105)93(125-75)132-85-78(106)71(101-95(111)118-56-63-35-17-7-18-36-63)53-72(102-96(112)119-57-64-37-19-8-20-38-64)79(85)129-92-77(104-98(114)121-59-66-41-23-10-24-42-66)84(128-89(109)69-47-29-13-30-48-69)81-74(124-92)60-116-90(130-81)70-49-31-14-32-50-70/h6-50,71-86,90-93,105-106H,51-61H2,1-5H3,(H,100,110)(H,101,111)(H,102,112)(H,103,113)(H,104,114)/t71-,72+,73+,74-,75-,76-,77-,78+,79-,80-,81-,82-,83-,84-,85-,86-,90?,91-,92-,93+/m1/s1. The van der Waals surface area contributed by atoms with E-state index in [2.05, 4.69) is 26.6 Å². The third kappa shape index (κ3) is 26.5. The average Bonchev–Trinajstić information content (AvgIpc) is 1.71. The van der Waals surface area contributed by atoms with Crippen LogP contribution >= 0.6 is 0 Å². The van der Waals surface area contributed by atoms with Crippen LogP contribution in [-0.2, 0) is 118 Å². The first-order valence-electron chi connectivity index (χ1n) is 43.9. The fourth-order valence-corrected chi connectivity index (χ4v) is 16.5. The second-order valence-electron chi connectivity index (χ2n) is 33.7. The van der Waals surface area contributed by atoms with Crippen LogP contribution in [0, 0.1) is 0 Å². The molecule has 1 saturated carbocycles. The predicted octanol–water partition coefficient (Wildman–Crippen LogP) is 12.4. The van der Waals surface area contributed by atoms with E-state index in [1.54, 1.807) is 237 Å². The first-order chi connectivity index (χ1) is 64.5. The summed E-state index contributed by atoms with van der Waals surface area (Å²) in [5.74, 6) is -2.86. The molecular weight excluding hydrogens is 1740 g/mol. The highest BCUT2D eigenvalue weighted by Crippen LogP contribution is 2.43. The maximum absolute atomic E-state index is 15.1. The van der Waals surface area contributed by atoms with Gasteiger partial charge in [0.05, 0.1) is 61.7 Å². The Morgan fingerprint density at radius 1 is 0.398 bits per heavy atom. The largest absolute Gasteiger partial charge is 0.453 e. The molecule has 4 aliphatic heterocycles. The molecule has 1 aliphatic carbocycles. The van der Waals surface area contributed by atoms with E-state index < -0.39 is 217 Å². The Hall–Kier alpha value is -12.5. The number of aliphatic hydroxyl groups is 2. The number of carbonyl (C=O) groups excluding carboxylic acids is 8. The number of hydrogen-bond donors (Lipinski definition) is 7. The van der Waals surface area contributed by atoms with Crippen LogP contribution in [0.5, 0.6) is 0 Å². The van der Waals surface area contributed by atoms with Crippen LogP contribution in [0.2, 0.25) is 18.1 Å². The minimum Gasteiger partial charge on any atom is -0.453 e. The first-order valence-corrected chi connectivity index (χ1v) is 46.8. The van der Waals surface area contributed by atoms with Gasteiger partial charge in [-0.1, -0.05) is 257 Å². The minimum absolute atomic E-state index is 0.00320. The summed E-state index contributed by atoms with van der Waals surface area (Å²) in [5, 5.41) is 38.4. The van der Waals surface area contributed by atoms with Gasteiger partial charge in [-0.3, -0.25) is 0 Å². The number of nitrogens with one attached hydrogen (secondary N) is 5. The van der Waals surface area contributed by atoms with Crippen molar-refractivity contribution in [1.29, 1.82) is 0 Å². The first kappa shape index (κ1) is 96.5. The Labute approximate surface area is 769 Å². The molecule has 0 bridgehead atoms. The van der Waals surface area contributed by atoms with E-state index in [4.69, 9.17) is 85.0 Å². The number of aliphatic hydroxyl groups excluding tert-OH is 2. The summed E-state index contributed by atoms with van der Waals surface area (Å²) in [5.41, 5.74) is 3.62. The van der Waals surface area contributed by atoms with Gasteiger partial charge in [-0.25, -0.2) is 38.4 Å². The van der Waals surface area contributed by atoms with Crippen LogP contribution in [0.4, 0.5) is 24.0 Å². The van der Waals surface area contributed by atoms with E-state index >= 15 is 14.4 Å². The maximum atomic E-state index is 15.1. The van der Waals surface area contributed by atoms with Crippen LogP contribution in [0.3, 0.4) is 0 Å². The molecule has 4 heterocycles. The molecular formula is C99H109N5O28Si. The van der Waals surface area contributed by atoms with Crippen molar-refractivity contribution in [1.82, 2.24) is 26.6 Å². The highest BCUT2D eigenvalue weighted by molar-refractivity contribution is 6.74. The Morgan fingerprint density at radius 2 is 0.774 bits per heavy atom. The van der Waals surface area contributed by atoms with Crippen molar-refractivity contribution < 1.29 is 134 Å². The summed E-state index contributed by atoms with van der Waals surface area (Å²) in [4.78, 5) is 119. The molecule has 702 valence electrons. The summed E-state index contributed by atoms with van der Waals surface area (Å²) < 4.78 is 119. The van der Waals surface area contributed by atoms with Crippen molar-refractivity contribution in [2.24, 2.45) is 0 Å². The van der Waals surface area contributed by atoms with Crippen molar-refractivity contribution in [2.45, 2.75) is 201 Å². The number of fused-ring (bicyclic) bond motifs is 1. The molecule has 9 aromatic rings. The molecule has 5 aliphatic rings. The monoisotopic (exact) mass is 1840 g/mol. The quantitative estimate of drug-likeness (QED) is 0.0110. The summed E-state index contributed by atoms with van der Waals surface area (Å²) in [6, 6.07) is 69.6. The van der Waals surface area contributed by atoms with E-state index in [9.17, 15) is 34.2 Å². The zero-order valence-electron chi connectivity index (χ0n) is 73.8. The van der Waals surface area contributed by atoms with Crippen molar-refractivity contribution in [3.63, 3.8) is 0 Å². The van der Waals surface area contributed by atoms with Crippen LogP contribution < -0.4 is 26.6 Å². The molecule has 0 aromatic heterocycles. The lowest BCUT2D eigenvalue weighted by molar-refractivity contribution is -0.358. The number of benzene rings is 9. The van der Waals surface area contributed by atoms with E-state index in [1.807, 2.05) is 33.9 Å². The Balaban J connectivity index is 0.900. The van der Waals surface area contributed by atoms with Crippen molar-refractivity contribution in [3.05, 3.63) is 323 Å². The summed E-state index contributed by atoms with van der Waals surface area (Å²) in [6.07, 6.45) is -33.0. The average molecular weight is 1850 g/mol. The lowest BCUT2D eigenvalue weighted by Gasteiger charge is -2.51. The van der Waals surface area contributed by atoms with E-state index in [-0.39, 0.29) is 56.3 Å². The molecule has 7 N–H and O–H groups in total. The molecule has 5 fully saturated rings. The molecule has 5 amide bonds. The van der Waals surface area contributed by atoms with Gasteiger partial charge in [-0.15, -0.1) is 0 Å². The topological polar surface area (TPSA) is 403 Å². The molecule has 33 nitrogen and oxygen atoms in total. The normalized spacial score (nSPS) is 25.6. The predicted molar refractivity (Wildman–Crippen MR) is 477 cm³/mol. The van der Waals surface area contributed by atoms with Gasteiger partial charge in [-0.2, -0.15) is 0 Å². The van der Waals surface area contributed by atoms with Gasteiger partial charge >= 0.3 is 48.4 Å². The molecule has 0 spiro atoms. The Kier molecular flexibility index (Phi) is 33.9. The second-order valence-corrected chi connectivity index (χ2v) is 38.5. The fourth-order valence-electron chi connectivity index (χ4n) is 15.5. The molecule has 4 saturated heterocycles. The van der Waals surface area contributed by atoms with E-state index in [0.29, 0.717) is 33.4 Å². The molecule has 14 rings (SSSR count). The number of alkyl carbamates (subject to hydrolysis) is 5. The third-order valence-electron chi connectivity index (χ3n) is 23.4. The lowest BCUT2D eigenvalue weighted by atomic mass is 9.83. The smallest absolute Gasteiger partial charge is 0.407 e. The molecule has 1 unspecified atom stereocenters. The van der Waals surface area contributed by atoms with Crippen LogP contribution in [-0.4, -0.2) is 216 Å². The third-order valence-corrected chi connectivity index (χ3v) is 27.9. The van der Waals surface area contributed by atoms with Gasteiger partial charge in [0.25, 0.3) is 0 Å². The Morgan fingerprint density at radius 3 is 1.23 bits per heavy atom. The zero-order chi connectivity index (χ0) is 93.2. The van der Waals surface area contributed by atoms with Crippen molar-refractivity contribution in [2.75, 3.05) is 33.0 Å². The van der Waals surface area contributed by atoms with Gasteiger partial charge < -0.3 is 122 Å².